The first-order chi connectivity index (χ1) is 16.0. The van der Waals surface area contributed by atoms with Gasteiger partial charge in [0.2, 0.25) is 5.91 Å². The van der Waals surface area contributed by atoms with Crippen molar-refractivity contribution in [2.45, 2.75) is 25.8 Å². The third-order valence-corrected chi connectivity index (χ3v) is 5.74. The van der Waals surface area contributed by atoms with E-state index in [-0.39, 0.29) is 17.7 Å². The van der Waals surface area contributed by atoms with E-state index in [1.165, 1.54) is 0 Å². The van der Waals surface area contributed by atoms with Gasteiger partial charge in [-0.2, -0.15) is 0 Å². The Morgan fingerprint density at radius 2 is 1.91 bits per heavy atom. The van der Waals surface area contributed by atoms with Crippen molar-refractivity contribution < 1.29 is 9.59 Å². The number of amides is 2. The van der Waals surface area contributed by atoms with E-state index in [2.05, 4.69) is 20.3 Å². The highest BCUT2D eigenvalue weighted by molar-refractivity contribution is 6.04. The monoisotopic (exact) mass is 444 g/mol. The number of hydrogen-bond donors (Lipinski definition) is 1. The molecule has 0 saturated carbocycles. The molecule has 1 atom stereocenters. The lowest BCUT2D eigenvalue weighted by Crippen LogP contribution is -2.37. The number of nitrogens with one attached hydrogen (secondary N) is 1. The number of aryl methyl sites for hydroxylation is 1. The molecule has 1 saturated heterocycles. The van der Waals surface area contributed by atoms with Crippen molar-refractivity contribution in [2.75, 3.05) is 32.0 Å². The third kappa shape index (κ3) is 5.78. The van der Waals surface area contributed by atoms with Gasteiger partial charge in [-0.25, -0.2) is 9.97 Å². The predicted octanol–water partition coefficient (Wildman–Crippen LogP) is 2.88. The molecule has 0 aliphatic carbocycles. The summed E-state index contributed by atoms with van der Waals surface area (Å²) in [6, 6.07) is 15.1. The number of anilines is 1. The molecule has 8 nitrogen and oxygen atoms in total. The summed E-state index contributed by atoms with van der Waals surface area (Å²) in [5.41, 5.74) is 2.74. The fraction of sp³-hybridized carbons (Fsp3) is 0.320. The van der Waals surface area contributed by atoms with Crippen LogP contribution in [0.25, 0.3) is 0 Å². The molecule has 0 unspecified atom stereocenters. The number of likely N-dealkylation sites (tertiary alicyclic amines) is 1. The molecule has 2 aromatic heterocycles. The first-order valence-corrected chi connectivity index (χ1v) is 11.1. The Labute approximate surface area is 193 Å². The normalized spacial score (nSPS) is 15.6. The molecule has 1 aliphatic rings. The minimum atomic E-state index is -0.232. The summed E-state index contributed by atoms with van der Waals surface area (Å²) in [6.07, 6.45) is 4.15. The molecule has 1 aliphatic heterocycles. The number of pyridine rings is 1. The second-order valence-corrected chi connectivity index (χ2v) is 8.37. The number of likely N-dealkylation sites (N-methyl/N-ethyl adjacent to an activating group) is 1. The first kappa shape index (κ1) is 22.5. The van der Waals surface area contributed by atoms with Crippen LogP contribution >= 0.6 is 0 Å². The van der Waals surface area contributed by atoms with Crippen LogP contribution in [0.5, 0.6) is 0 Å². The number of aromatic nitrogens is 3. The highest BCUT2D eigenvalue weighted by Crippen LogP contribution is 2.25. The van der Waals surface area contributed by atoms with Gasteiger partial charge in [0.25, 0.3) is 5.91 Å². The average Bonchev–Trinajstić information content (AvgIpc) is 3.31. The lowest BCUT2D eigenvalue weighted by Gasteiger charge is -2.21. The second-order valence-electron chi connectivity index (χ2n) is 8.37. The summed E-state index contributed by atoms with van der Waals surface area (Å²) in [4.78, 5) is 42.6. The summed E-state index contributed by atoms with van der Waals surface area (Å²) in [7, 11) is 1.92. The zero-order valence-electron chi connectivity index (χ0n) is 18.9. The van der Waals surface area contributed by atoms with E-state index in [9.17, 15) is 9.59 Å². The number of carbonyl (C=O) groups excluding carboxylic acids is 2. The van der Waals surface area contributed by atoms with Crippen molar-refractivity contribution in [3.63, 3.8) is 0 Å². The molecule has 2 amide bonds. The molecule has 3 heterocycles. The number of carbonyl (C=O) groups is 2. The molecular weight excluding hydrogens is 416 g/mol. The summed E-state index contributed by atoms with van der Waals surface area (Å²) < 4.78 is 0. The van der Waals surface area contributed by atoms with E-state index in [0.29, 0.717) is 43.3 Å². The van der Waals surface area contributed by atoms with Crippen molar-refractivity contribution in [3.8, 4) is 0 Å². The van der Waals surface area contributed by atoms with E-state index in [1.807, 2.05) is 72.3 Å². The summed E-state index contributed by atoms with van der Waals surface area (Å²) in [5, 5.41) is 2.86. The second kappa shape index (κ2) is 10.3. The molecule has 33 heavy (non-hydrogen) atoms. The van der Waals surface area contributed by atoms with Gasteiger partial charge in [-0.3, -0.25) is 19.5 Å². The van der Waals surface area contributed by atoms with Crippen LogP contribution in [-0.4, -0.2) is 63.2 Å². The van der Waals surface area contributed by atoms with Gasteiger partial charge in [-0.15, -0.1) is 0 Å². The molecular formula is C25H28N6O2. The number of rotatable bonds is 7. The van der Waals surface area contributed by atoms with E-state index < -0.39 is 0 Å². The van der Waals surface area contributed by atoms with Crippen LogP contribution in [0.2, 0.25) is 0 Å². The quantitative estimate of drug-likeness (QED) is 0.603. The van der Waals surface area contributed by atoms with Crippen LogP contribution in [0.4, 0.5) is 5.69 Å². The number of para-hydroxylation sites is 1. The minimum absolute atomic E-state index is 0.0694. The van der Waals surface area contributed by atoms with Crippen LogP contribution in [-0.2, 0) is 11.3 Å². The van der Waals surface area contributed by atoms with Gasteiger partial charge in [0.05, 0.1) is 23.5 Å². The maximum absolute atomic E-state index is 12.8. The van der Waals surface area contributed by atoms with Crippen LogP contribution in [0.15, 0.2) is 60.9 Å². The summed E-state index contributed by atoms with van der Waals surface area (Å²) in [6.45, 7) is 4.04. The molecule has 8 heteroatoms. The maximum atomic E-state index is 12.8. The van der Waals surface area contributed by atoms with Crippen molar-refractivity contribution in [3.05, 3.63) is 83.7 Å². The van der Waals surface area contributed by atoms with E-state index >= 15 is 0 Å². The van der Waals surface area contributed by atoms with E-state index in [4.69, 9.17) is 0 Å². The Morgan fingerprint density at radius 3 is 2.64 bits per heavy atom. The predicted molar refractivity (Wildman–Crippen MR) is 126 cm³/mol. The highest BCUT2D eigenvalue weighted by atomic mass is 16.2. The Kier molecular flexibility index (Phi) is 7.04. The lowest BCUT2D eigenvalue weighted by atomic mass is 10.1. The van der Waals surface area contributed by atoms with Crippen LogP contribution < -0.4 is 5.32 Å². The largest absolute Gasteiger partial charge is 0.341 e. The van der Waals surface area contributed by atoms with Gasteiger partial charge >= 0.3 is 0 Å². The number of nitrogens with zero attached hydrogens (tertiary/aromatic N) is 5. The summed E-state index contributed by atoms with van der Waals surface area (Å²) in [5.74, 6) is 0.608. The van der Waals surface area contributed by atoms with Crippen LogP contribution in [0.3, 0.4) is 0 Å². The third-order valence-electron chi connectivity index (χ3n) is 5.74. The van der Waals surface area contributed by atoms with Crippen molar-refractivity contribution in [1.29, 1.82) is 0 Å². The van der Waals surface area contributed by atoms with Gasteiger partial charge in [-0.1, -0.05) is 24.3 Å². The molecule has 1 fully saturated rings. The highest BCUT2D eigenvalue weighted by Gasteiger charge is 2.30. The van der Waals surface area contributed by atoms with Gasteiger partial charge in [0.1, 0.15) is 5.82 Å². The molecule has 170 valence electrons. The first-order valence-electron chi connectivity index (χ1n) is 11.1. The van der Waals surface area contributed by atoms with Crippen LogP contribution in [0.1, 0.15) is 39.9 Å². The Hall–Kier alpha value is -3.65. The van der Waals surface area contributed by atoms with Gasteiger partial charge in [0, 0.05) is 43.6 Å². The zero-order valence-corrected chi connectivity index (χ0v) is 18.9. The fourth-order valence-corrected chi connectivity index (χ4v) is 3.98. The Balaban J connectivity index is 1.33. The average molecular weight is 445 g/mol. The smallest absolute Gasteiger partial charge is 0.259 e. The number of benzene rings is 1. The Bertz CT molecular complexity index is 1110. The Morgan fingerprint density at radius 1 is 1.12 bits per heavy atom. The maximum Gasteiger partial charge on any atom is 0.259 e. The fourth-order valence-electron chi connectivity index (χ4n) is 3.98. The topological polar surface area (TPSA) is 91.3 Å². The van der Waals surface area contributed by atoms with Crippen LogP contribution in [0, 0.1) is 6.92 Å². The lowest BCUT2D eigenvalue weighted by molar-refractivity contribution is -0.131. The molecule has 3 aromatic rings. The van der Waals surface area contributed by atoms with E-state index in [0.717, 1.165) is 17.8 Å². The molecule has 1 N–H and O–H groups in total. The standard InChI is InChI=1S/C25H28N6O2/c1-18-22(25(33)29-20-8-4-3-5-9-20)14-27-24(28-18)19-11-13-31(15-19)23(32)17-30(2)16-21-10-6-7-12-26-21/h3-10,12,14,19H,11,13,15-17H2,1-2H3,(H,29,33)/t19-/m1/s1. The molecule has 0 bridgehead atoms. The van der Waals surface area contributed by atoms with Gasteiger partial charge in [0.15, 0.2) is 0 Å². The SMILES string of the molecule is Cc1nc([C@@H]2CCN(C(=O)CN(C)Cc3ccccn3)C2)ncc1C(=O)Nc1ccccc1. The van der Waals surface area contributed by atoms with Gasteiger partial charge in [-0.05, 0) is 44.7 Å². The molecule has 0 spiro atoms. The van der Waals surface area contributed by atoms with E-state index in [1.54, 1.807) is 12.4 Å². The summed E-state index contributed by atoms with van der Waals surface area (Å²) >= 11 is 0. The van der Waals surface area contributed by atoms with Gasteiger partial charge < -0.3 is 10.2 Å². The minimum Gasteiger partial charge on any atom is -0.341 e. The zero-order chi connectivity index (χ0) is 23.2. The molecule has 4 rings (SSSR count). The van der Waals surface area contributed by atoms with Crippen molar-refractivity contribution in [2.24, 2.45) is 0 Å². The van der Waals surface area contributed by atoms with Crippen molar-refractivity contribution >= 4 is 17.5 Å². The number of hydrogen-bond acceptors (Lipinski definition) is 6. The molecule has 1 aromatic carbocycles. The molecule has 0 radical (unpaired) electrons. The van der Waals surface area contributed by atoms with Crippen molar-refractivity contribution in [1.82, 2.24) is 24.8 Å².